The Balaban J connectivity index is 0.00000243. The van der Waals surface area contributed by atoms with E-state index in [-0.39, 0.29) is 24.0 Å². The average Bonchev–Trinajstić information content (AvgIpc) is 2.66. The fourth-order valence-corrected chi connectivity index (χ4v) is 2.54. The summed E-state index contributed by atoms with van der Waals surface area (Å²) >= 11 is 0. The predicted molar refractivity (Wildman–Crippen MR) is 118 cm³/mol. The highest BCUT2D eigenvalue weighted by Crippen LogP contribution is 2.22. The second kappa shape index (κ2) is 9.28. The first-order valence-corrected chi connectivity index (χ1v) is 7.95. The molecule has 0 saturated heterocycles. The van der Waals surface area contributed by atoms with Crippen LogP contribution in [0.1, 0.15) is 5.56 Å². The number of nitrogens with one attached hydrogen (secondary N) is 1. The van der Waals surface area contributed by atoms with Crippen LogP contribution in [-0.2, 0) is 6.54 Å². The number of ether oxygens (including phenoxy) is 2. The molecule has 0 aliphatic rings. The summed E-state index contributed by atoms with van der Waals surface area (Å²) in [6.45, 7) is 0.511. The first kappa shape index (κ1) is 19.8. The summed E-state index contributed by atoms with van der Waals surface area (Å²) in [5.74, 6) is 2.03. The molecule has 0 saturated carbocycles. The first-order valence-electron chi connectivity index (χ1n) is 7.95. The third kappa shape index (κ3) is 5.01. The van der Waals surface area contributed by atoms with E-state index in [1.165, 1.54) is 0 Å². The summed E-state index contributed by atoms with van der Waals surface area (Å²) in [5, 5.41) is 5.36. The molecule has 3 aromatic carbocycles. The van der Waals surface area contributed by atoms with Gasteiger partial charge in [-0.1, -0.05) is 18.2 Å². The zero-order valence-electron chi connectivity index (χ0n) is 14.7. The van der Waals surface area contributed by atoms with Gasteiger partial charge in [-0.25, -0.2) is 4.99 Å². The lowest BCUT2D eigenvalue weighted by Gasteiger charge is -2.07. The molecule has 0 aliphatic heterocycles. The number of benzene rings is 3. The van der Waals surface area contributed by atoms with Crippen LogP contribution < -0.4 is 20.5 Å². The number of nitrogens with two attached hydrogens (primary N) is 1. The molecule has 0 fully saturated rings. The van der Waals surface area contributed by atoms with Crippen molar-refractivity contribution in [2.75, 3.05) is 19.5 Å². The second-order valence-electron chi connectivity index (χ2n) is 5.60. The van der Waals surface area contributed by atoms with Crippen molar-refractivity contribution >= 4 is 46.4 Å². The Kier molecular flexibility index (Phi) is 7.08. The lowest BCUT2D eigenvalue weighted by molar-refractivity contribution is 0.415. The number of methoxy groups -OCH3 is 2. The van der Waals surface area contributed by atoms with E-state index in [9.17, 15) is 0 Å². The summed E-state index contributed by atoms with van der Waals surface area (Å²) in [6, 6.07) is 19.8. The largest absolute Gasteiger partial charge is 0.497 e. The molecule has 3 aromatic rings. The molecule has 26 heavy (non-hydrogen) atoms. The number of aliphatic imine (C=N–C) groups is 1. The normalized spacial score (nSPS) is 10.9. The first-order chi connectivity index (χ1) is 12.2. The maximum absolute atomic E-state index is 5.97. The summed E-state index contributed by atoms with van der Waals surface area (Å²) in [4.78, 5) is 4.40. The number of fused-ring (bicyclic) bond motifs is 1. The lowest BCUT2D eigenvalue weighted by atomic mass is 10.1. The topological polar surface area (TPSA) is 68.9 Å². The van der Waals surface area contributed by atoms with Gasteiger partial charge in [0.15, 0.2) is 5.96 Å². The highest BCUT2D eigenvalue weighted by atomic mass is 127. The maximum atomic E-state index is 5.97. The smallest absolute Gasteiger partial charge is 0.193 e. The predicted octanol–water partition coefficient (Wildman–Crippen LogP) is 4.40. The molecular formula is C20H22IN3O2. The fraction of sp³-hybridized carbons (Fsp3) is 0.150. The van der Waals surface area contributed by atoms with E-state index in [1.807, 2.05) is 48.5 Å². The zero-order chi connectivity index (χ0) is 17.6. The van der Waals surface area contributed by atoms with Gasteiger partial charge in [-0.3, -0.25) is 0 Å². The molecular weight excluding hydrogens is 441 g/mol. The number of guanidine groups is 1. The molecule has 3 rings (SSSR count). The Hall–Kier alpha value is -2.48. The van der Waals surface area contributed by atoms with Crippen LogP contribution in [0.5, 0.6) is 11.5 Å². The Morgan fingerprint density at radius 3 is 2.19 bits per heavy atom. The minimum atomic E-state index is 0. The van der Waals surface area contributed by atoms with Crippen molar-refractivity contribution in [3.8, 4) is 11.5 Å². The van der Waals surface area contributed by atoms with Crippen molar-refractivity contribution in [3.05, 3.63) is 66.2 Å². The molecule has 0 radical (unpaired) electrons. The summed E-state index contributed by atoms with van der Waals surface area (Å²) in [7, 11) is 3.31. The molecule has 0 spiro atoms. The molecule has 0 heterocycles. The second-order valence-corrected chi connectivity index (χ2v) is 5.60. The molecule has 0 unspecified atom stereocenters. The van der Waals surface area contributed by atoms with Crippen LogP contribution in [0.2, 0.25) is 0 Å². The summed E-state index contributed by atoms with van der Waals surface area (Å²) < 4.78 is 10.4. The van der Waals surface area contributed by atoms with Gasteiger partial charge < -0.3 is 20.5 Å². The van der Waals surface area contributed by atoms with Crippen molar-refractivity contribution < 1.29 is 9.47 Å². The van der Waals surface area contributed by atoms with Crippen LogP contribution in [0.3, 0.4) is 0 Å². The molecule has 6 heteroatoms. The monoisotopic (exact) mass is 463 g/mol. The van der Waals surface area contributed by atoms with Crippen molar-refractivity contribution in [3.63, 3.8) is 0 Å². The third-order valence-electron chi connectivity index (χ3n) is 3.91. The third-order valence-corrected chi connectivity index (χ3v) is 3.91. The Morgan fingerprint density at radius 2 is 1.50 bits per heavy atom. The molecule has 3 N–H and O–H groups in total. The van der Waals surface area contributed by atoms with Crippen LogP contribution in [-0.4, -0.2) is 20.2 Å². The van der Waals surface area contributed by atoms with Gasteiger partial charge in [0.2, 0.25) is 0 Å². The van der Waals surface area contributed by atoms with Crippen LogP contribution in [0, 0.1) is 0 Å². The molecule has 0 aliphatic carbocycles. The molecule has 0 amide bonds. The van der Waals surface area contributed by atoms with Crippen LogP contribution in [0.4, 0.5) is 5.69 Å². The van der Waals surface area contributed by atoms with E-state index >= 15 is 0 Å². The number of nitrogens with zero attached hydrogens (tertiary/aromatic N) is 1. The Labute approximate surface area is 170 Å². The number of hydrogen-bond donors (Lipinski definition) is 2. The van der Waals surface area contributed by atoms with Crippen LogP contribution in [0.25, 0.3) is 10.8 Å². The number of rotatable bonds is 5. The van der Waals surface area contributed by atoms with Gasteiger partial charge in [0, 0.05) is 5.69 Å². The Bertz CT molecular complexity index is 895. The van der Waals surface area contributed by atoms with Gasteiger partial charge in [-0.2, -0.15) is 0 Å². The van der Waals surface area contributed by atoms with Gasteiger partial charge >= 0.3 is 0 Å². The SMILES string of the molecule is COc1ccc(NC(N)=NCc2ccc3cc(OC)ccc3c2)cc1.I. The van der Waals surface area contributed by atoms with Crippen LogP contribution >= 0.6 is 24.0 Å². The molecule has 136 valence electrons. The lowest BCUT2D eigenvalue weighted by Crippen LogP contribution is -2.22. The number of anilines is 1. The highest BCUT2D eigenvalue weighted by Gasteiger charge is 2.00. The minimum absolute atomic E-state index is 0. The summed E-state index contributed by atoms with van der Waals surface area (Å²) in [6.07, 6.45) is 0. The van der Waals surface area contributed by atoms with Crippen molar-refractivity contribution in [1.29, 1.82) is 0 Å². The van der Waals surface area contributed by atoms with Crippen molar-refractivity contribution in [1.82, 2.24) is 0 Å². The van der Waals surface area contributed by atoms with Crippen LogP contribution in [0.15, 0.2) is 65.7 Å². The maximum Gasteiger partial charge on any atom is 0.193 e. The molecule has 5 nitrogen and oxygen atoms in total. The number of hydrogen-bond acceptors (Lipinski definition) is 3. The molecule has 0 bridgehead atoms. The molecule has 0 aromatic heterocycles. The summed E-state index contributed by atoms with van der Waals surface area (Å²) in [5.41, 5.74) is 7.93. The van der Waals surface area contributed by atoms with Gasteiger partial charge in [-0.05, 0) is 58.8 Å². The Morgan fingerprint density at radius 1 is 0.885 bits per heavy atom. The van der Waals surface area contributed by atoms with E-state index in [4.69, 9.17) is 15.2 Å². The van der Waals surface area contributed by atoms with Gasteiger partial charge in [0.25, 0.3) is 0 Å². The van der Waals surface area contributed by atoms with E-state index in [2.05, 4.69) is 22.4 Å². The van der Waals surface area contributed by atoms with E-state index < -0.39 is 0 Å². The standard InChI is InChI=1S/C20H21N3O2.HI/c1-24-18-9-6-17(7-10-18)23-20(21)22-13-14-3-4-16-12-19(25-2)8-5-15(16)11-14;/h3-12H,13H2,1-2H3,(H3,21,22,23);1H. The van der Waals surface area contributed by atoms with Crippen molar-refractivity contribution in [2.24, 2.45) is 10.7 Å². The van der Waals surface area contributed by atoms with Crippen molar-refractivity contribution in [2.45, 2.75) is 6.54 Å². The van der Waals surface area contributed by atoms with Gasteiger partial charge in [0.1, 0.15) is 11.5 Å². The highest BCUT2D eigenvalue weighted by molar-refractivity contribution is 14.0. The van der Waals surface area contributed by atoms with Gasteiger partial charge in [-0.15, -0.1) is 24.0 Å². The fourth-order valence-electron chi connectivity index (χ4n) is 2.54. The van der Waals surface area contributed by atoms with E-state index in [0.29, 0.717) is 12.5 Å². The molecule has 0 atom stereocenters. The van der Waals surface area contributed by atoms with E-state index in [1.54, 1.807) is 14.2 Å². The number of halogens is 1. The quantitative estimate of drug-likeness (QED) is 0.335. The zero-order valence-corrected chi connectivity index (χ0v) is 17.1. The average molecular weight is 463 g/mol. The minimum Gasteiger partial charge on any atom is -0.497 e. The van der Waals surface area contributed by atoms with E-state index in [0.717, 1.165) is 33.5 Å². The van der Waals surface area contributed by atoms with Gasteiger partial charge in [0.05, 0.1) is 20.8 Å².